The summed E-state index contributed by atoms with van der Waals surface area (Å²) in [5.41, 5.74) is 0.843. The molecule has 6 rings (SSSR count). The molecule has 1 N–H and O–H groups in total. The molecule has 0 unspecified atom stereocenters. The monoisotopic (exact) mass is 444 g/mol. The molecule has 0 aromatic carbocycles. The summed E-state index contributed by atoms with van der Waals surface area (Å²) in [5.74, 6) is 2.79. The Balaban J connectivity index is 1.17. The number of aromatic nitrogens is 7. The van der Waals surface area contributed by atoms with E-state index < -0.39 is 11.7 Å². The zero-order chi connectivity index (χ0) is 22.2. The Morgan fingerprint density at radius 3 is 2.50 bits per heavy atom. The molecule has 0 radical (unpaired) electrons. The number of alkyl halides is 3. The normalized spacial score (nSPS) is 26.9. The predicted molar refractivity (Wildman–Crippen MR) is 108 cm³/mol. The average Bonchev–Trinajstić information content (AvgIpc) is 3.55. The van der Waals surface area contributed by atoms with Crippen molar-refractivity contribution in [2.45, 2.75) is 56.7 Å². The first-order valence-electron chi connectivity index (χ1n) is 10.9. The number of halogens is 3. The molecular weight excluding hydrogens is 421 g/mol. The quantitative estimate of drug-likeness (QED) is 0.637. The lowest BCUT2D eigenvalue weighted by atomic mass is 10.1. The molecule has 0 saturated heterocycles. The van der Waals surface area contributed by atoms with Gasteiger partial charge in [0.25, 0.3) is 0 Å². The topological polar surface area (TPSA) is 86.3 Å². The molecule has 168 valence electrons. The molecule has 4 atom stereocenters. The summed E-state index contributed by atoms with van der Waals surface area (Å²) in [6.07, 6.45) is 3.50. The molecule has 8 nitrogen and oxygen atoms in total. The Kier molecular flexibility index (Phi) is 4.16. The van der Waals surface area contributed by atoms with Crippen LogP contribution in [0.1, 0.15) is 66.3 Å². The number of hydrogen-bond acceptors (Lipinski definition) is 6. The Labute approximate surface area is 182 Å². The number of rotatable bonds is 5. The lowest BCUT2D eigenvalue weighted by molar-refractivity contribution is -0.138. The second kappa shape index (κ2) is 6.76. The van der Waals surface area contributed by atoms with Crippen molar-refractivity contribution < 1.29 is 13.2 Å². The average molecular weight is 444 g/mol. The lowest BCUT2D eigenvalue weighted by Gasteiger charge is -2.14. The molecule has 3 aromatic rings. The number of fused-ring (bicyclic) bond motifs is 1. The fourth-order valence-electron chi connectivity index (χ4n) is 5.27. The van der Waals surface area contributed by atoms with Gasteiger partial charge in [-0.3, -0.25) is 9.36 Å². The minimum absolute atomic E-state index is 0.0886. The second-order valence-corrected chi connectivity index (χ2v) is 9.22. The standard InChI is InChI=1S/C21H23F3N8/c1-10-16(28-20-25-7-15(21(22,23)24)18(29-20)11-3-4-11)8-32(30-10)12-5-13-14(6-12)17(13)19-26-9-27-31(19)2/h7-9,11-14,17H,3-6H2,1-2H3,(H,25,28,29)/t12-,13-,14+,17-. The second-order valence-electron chi connectivity index (χ2n) is 9.22. The third kappa shape index (κ3) is 3.25. The fourth-order valence-corrected chi connectivity index (χ4v) is 5.27. The number of hydrogen-bond donors (Lipinski definition) is 1. The summed E-state index contributed by atoms with van der Waals surface area (Å²) < 4.78 is 43.7. The van der Waals surface area contributed by atoms with Crippen LogP contribution in [-0.2, 0) is 13.2 Å². The van der Waals surface area contributed by atoms with Gasteiger partial charge in [0.05, 0.1) is 28.7 Å². The van der Waals surface area contributed by atoms with E-state index in [2.05, 4.69) is 30.5 Å². The van der Waals surface area contributed by atoms with E-state index in [1.807, 2.05) is 29.5 Å². The van der Waals surface area contributed by atoms with Gasteiger partial charge in [0.1, 0.15) is 12.2 Å². The van der Waals surface area contributed by atoms with Crippen molar-refractivity contribution >= 4 is 11.6 Å². The van der Waals surface area contributed by atoms with Crippen LogP contribution in [-0.4, -0.2) is 34.5 Å². The van der Waals surface area contributed by atoms with Gasteiger partial charge in [-0.2, -0.15) is 23.4 Å². The molecule has 0 spiro atoms. The minimum atomic E-state index is -4.44. The van der Waals surface area contributed by atoms with E-state index in [1.54, 1.807) is 6.33 Å². The molecule has 3 aromatic heterocycles. The first kappa shape index (κ1) is 19.7. The van der Waals surface area contributed by atoms with Crippen LogP contribution in [0.15, 0.2) is 18.7 Å². The summed E-state index contributed by atoms with van der Waals surface area (Å²) in [6.45, 7) is 1.88. The SMILES string of the molecule is Cc1nn([C@@H]2C[C@@H]3[C@H](C2)[C@@H]3c2ncnn2C)cc1Nc1ncc(C(F)(F)F)c(C2CC2)n1. The van der Waals surface area contributed by atoms with Gasteiger partial charge in [-0.05, 0) is 44.4 Å². The Morgan fingerprint density at radius 1 is 1.12 bits per heavy atom. The van der Waals surface area contributed by atoms with Gasteiger partial charge < -0.3 is 5.32 Å². The maximum Gasteiger partial charge on any atom is 0.419 e. The maximum atomic E-state index is 13.3. The molecule has 3 saturated carbocycles. The van der Waals surface area contributed by atoms with E-state index in [1.165, 1.54) is 0 Å². The van der Waals surface area contributed by atoms with Gasteiger partial charge in [-0.1, -0.05) is 0 Å². The van der Waals surface area contributed by atoms with Gasteiger partial charge in [0.2, 0.25) is 5.95 Å². The largest absolute Gasteiger partial charge is 0.419 e. The Bertz CT molecular complexity index is 1170. The minimum Gasteiger partial charge on any atom is -0.321 e. The molecule has 0 amide bonds. The van der Waals surface area contributed by atoms with Gasteiger partial charge in [-0.15, -0.1) is 0 Å². The lowest BCUT2D eigenvalue weighted by Crippen LogP contribution is -2.12. The smallest absolute Gasteiger partial charge is 0.321 e. The highest BCUT2D eigenvalue weighted by molar-refractivity contribution is 5.55. The molecule has 3 heterocycles. The molecule has 3 aliphatic carbocycles. The molecule has 32 heavy (non-hydrogen) atoms. The number of anilines is 2. The van der Waals surface area contributed by atoms with Gasteiger partial charge in [-0.25, -0.2) is 15.0 Å². The van der Waals surface area contributed by atoms with E-state index in [0.29, 0.717) is 23.8 Å². The van der Waals surface area contributed by atoms with Crippen LogP contribution in [0.2, 0.25) is 0 Å². The van der Waals surface area contributed by atoms with Gasteiger partial charge in [0.15, 0.2) is 0 Å². The van der Waals surface area contributed by atoms with E-state index in [0.717, 1.165) is 49.1 Å². The van der Waals surface area contributed by atoms with Crippen LogP contribution < -0.4 is 5.32 Å². The third-order valence-corrected chi connectivity index (χ3v) is 7.09. The number of aryl methyl sites for hydroxylation is 2. The molecule has 3 aliphatic rings. The summed E-state index contributed by atoms with van der Waals surface area (Å²) in [4.78, 5) is 12.5. The zero-order valence-corrected chi connectivity index (χ0v) is 17.7. The van der Waals surface area contributed by atoms with Crippen molar-refractivity contribution in [3.63, 3.8) is 0 Å². The van der Waals surface area contributed by atoms with E-state index in [9.17, 15) is 13.2 Å². The van der Waals surface area contributed by atoms with Crippen molar-refractivity contribution in [2.75, 3.05) is 5.32 Å². The van der Waals surface area contributed by atoms with E-state index >= 15 is 0 Å². The van der Waals surface area contributed by atoms with Crippen molar-refractivity contribution in [1.82, 2.24) is 34.5 Å². The highest BCUT2D eigenvalue weighted by Gasteiger charge is 2.58. The van der Waals surface area contributed by atoms with Gasteiger partial charge in [0, 0.05) is 31.3 Å². The van der Waals surface area contributed by atoms with E-state index in [4.69, 9.17) is 0 Å². The summed E-state index contributed by atoms with van der Waals surface area (Å²) in [6, 6.07) is 0.305. The first-order chi connectivity index (χ1) is 15.3. The van der Waals surface area contributed by atoms with E-state index in [-0.39, 0.29) is 17.6 Å². The van der Waals surface area contributed by atoms with Crippen LogP contribution >= 0.6 is 0 Å². The zero-order valence-electron chi connectivity index (χ0n) is 17.7. The van der Waals surface area contributed by atoms with Crippen molar-refractivity contribution in [3.05, 3.63) is 41.5 Å². The van der Waals surface area contributed by atoms with Crippen LogP contribution in [0.4, 0.5) is 24.8 Å². The predicted octanol–water partition coefficient (Wildman–Crippen LogP) is 4.11. The third-order valence-electron chi connectivity index (χ3n) is 7.09. The number of nitrogens with zero attached hydrogens (tertiary/aromatic N) is 7. The molecule has 0 aliphatic heterocycles. The fraction of sp³-hybridized carbons (Fsp3) is 0.571. The first-order valence-corrected chi connectivity index (χ1v) is 10.9. The van der Waals surface area contributed by atoms with Crippen LogP contribution in [0.3, 0.4) is 0 Å². The van der Waals surface area contributed by atoms with Crippen molar-refractivity contribution in [2.24, 2.45) is 18.9 Å². The maximum absolute atomic E-state index is 13.3. The van der Waals surface area contributed by atoms with Crippen molar-refractivity contribution in [1.29, 1.82) is 0 Å². The summed E-state index contributed by atoms with van der Waals surface area (Å²) in [5, 5.41) is 11.9. The van der Waals surface area contributed by atoms with Crippen LogP contribution in [0, 0.1) is 18.8 Å². The Hall–Kier alpha value is -2.98. The number of nitrogens with one attached hydrogen (secondary N) is 1. The Morgan fingerprint density at radius 2 is 1.88 bits per heavy atom. The highest BCUT2D eigenvalue weighted by Crippen LogP contribution is 2.65. The molecule has 0 bridgehead atoms. The highest BCUT2D eigenvalue weighted by atomic mass is 19.4. The van der Waals surface area contributed by atoms with Crippen LogP contribution in [0.5, 0.6) is 0 Å². The van der Waals surface area contributed by atoms with Crippen LogP contribution in [0.25, 0.3) is 0 Å². The molecule has 11 heteroatoms. The summed E-state index contributed by atoms with van der Waals surface area (Å²) >= 11 is 0. The van der Waals surface area contributed by atoms with Gasteiger partial charge >= 0.3 is 6.18 Å². The van der Waals surface area contributed by atoms with Crippen molar-refractivity contribution in [3.8, 4) is 0 Å². The summed E-state index contributed by atoms with van der Waals surface area (Å²) in [7, 11) is 1.93. The molecular formula is C21H23F3N8. The molecule has 3 fully saturated rings.